The highest BCUT2D eigenvalue weighted by Gasteiger charge is 2.35. The third kappa shape index (κ3) is 1.61. The summed E-state index contributed by atoms with van der Waals surface area (Å²) in [6, 6.07) is 4.98. The fourth-order valence-corrected chi connectivity index (χ4v) is 2.01. The maximum atomic E-state index is 10.2. The zero-order chi connectivity index (χ0) is 10.2. The van der Waals surface area contributed by atoms with Crippen molar-refractivity contribution >= 4 is 12.6 Å². The first kappa shape index (κ1) is 9.83. The summed E-state index contributed by atoms with van der Waals surface area (Å²) in [7, 11) is 0. The van der Waals surface area contributed by atoms with E-state index in [-0.39, 0.29) is 5.75 Å². The van der Waals surface area contributed by atoms with Crippen molar-refractivity contribution in [1.82, 2.24) is 5.32 Å². The first-order valence-corrected chi connectivity index (χ1v) is 5.02. The summed E-state index contributed by atoms with van der Waals surface area (Å²) < 4.78 is 0. The second-order valence-electron chi connectivity index (χ2n) is 3.66. The number of β-amino-alcohol motifs (C(OH)–C–C–N with tert-alkyl or cyclic N) is 1. The molecule has 1 heterocycles. The molecule has 2 rings (SSSR count). The van der Waals surface area contributed by atoms with Gasteiger partial charge in [-0.3, -0.25) is 0 Å². The van der Waals surface area contributed by atoms with Gasteiger partial charge in [-0.25, -0.2) is 0 Å². The fourth-order valence-electron chi connectivity index (χ4n) is 1.81. The smallest absolute Gasteiger partial charge is 0.121 e. The number of thiol groups is 1. The van der Waals surface area contributed by atoms with Crippen LogP contribution in [0.25, 0.3) is 0 Å². The van der Waals surface area contributed by atoms with E-state index in [1.54, 1.807) is 18.2 Å². The molecule has 1 aromatic carbocycles. The van der Waals surface area contributed by atoms with E-state index >= 15 is 0 Å². The molecule has 14 heavy (non-hydrogen) atoms. The molecule has 76 valence electrons. The van der Waals surface area contributed by atoms with Crippen LogP contribution >= 0.6 is 12.6 Å². The van der Waals surface area contributed by atoms with Crippen LogP contribution in [0.1, 0.15) is 12.0 Å². The van der Waals surface area contributed by atoms with Gasteiger partial charge in [0.1, 0.15) is 11.4 Å². The van der Waals surface area contributed by atoms with Crippen LogP contribution < -0.4 is 5.32 Å². The number of benzene rings is 1. The first-order valence-electron chi connectivity index (χ1n) is 4.57. The molecule has 1 aliphatic rings. The Morgan fingerprint density at radius 3 is 2.86 bits per heavy atom. The molecule has 1 fully saturated rings. The minimum absolute atomic E-state index is 0.133. The van der Waals surface area contributed by atoms with E-state index in [0.29, 0.717) is 18.5 Å². The largest absolute Gasteiger partial charge is 0.508 e. The van der Waals surface area contributed by atoms with Gasteiger partial charge in [0.25, 0.3) is 0 Å². The molecule has 1 unspecified atom stereocenters. The topological polar surface area (TPSA) is 52.5 Å². The molecular weight excluding hydrogens is 198 g/mol. The van der Waals surface area contributed by atoms with Gasteiger partial charge in [-0.15, -0.1) is 12.6 Å². The third-order valence-electron chi connectivity index (χ3n) is 2.61. The number of hydrogen-bond donors (Lipinski definition) is 4. The van der Waals surface area contributed by atoms with Crippen molar-refractivity contribution in [2.24, 2.45) is 0 Å². The quantitative estimate of drug-likeness (QED) is 0.521. The lowest BCUT2D eigenvalue weighted by Gasteiger charge is -2.23. The summed E-state index contributed by atoms with van der Waals surface area (Å²) in [6.07, 6.45) is 0.623. The van der Waals surface area contributed by atoms with Crippen LogP contribution in [0.5, 0.6) is 5.75 Å². The molecular formula is C10H13NO2S. The van der Waals surface area contributed by atoms with Gasteiger partial charge in [0.15, 0.2) is 0 Å². The molecule has 0 aromatic heterocycles. The van der Waals surface area contributed by atoms with Crippen LogP contribution in [0, 0.1) is 0 Å². The number of rotatable bonds is 1. The highest BCUT2D eigenvalue weighted by Crippen LogP contribution is 2.35. The molecule has 1 atom stereocenters. The summed E-state index contributed by atoms with van der Waals surface area (Å²) in [5.41, 5.74) is -0.377. The third-order valence-corrected chi connectivity index (χ3v) is 2.89. The maximum absolute atomic E-state index is 10.2. The maximum Gasteiger partial charge on any atom is 0.121 e. The lowest BCUT2D eigenvalue weighted by molar-refractivity contribution is 0.0560. The van der Waals surface area contributed by atoms with E-state index in [2.05, 4.69) is 17.9 Å². The Morgan fingerprint density at radius 1 is 1.43 bits per heavy atom. The van der Waals surface area contributed by atoms with Gasteiger partial charge in [-0.1, -0.05) is 0 Å². The van der Waals surface area contributed by atoms with Gasteiger partial charge < -0.3 is 15.5 Å². The molecule has 1 saturated heterocycles. The summed E-state index contributed by atoms with van der Waals surface area (Å²) in [6.45, 7) is 1.25. The molecule has 0 saturated carbocycles. The number of aromatic hydroxyl groups is 1. The van der Waals surface area contributed by atoms with Crippen LogP contribution in [0.3, 0.4) is 0 Å². The standard InChI is InChI=1S/C10H13NO2S/c12-9-2-1-7(14)5-8(9)10(13)3-4-11-6-10/h1-2,5,11-14H,3-4,6H2. The minimum atomic E-state index is -0.942. The highest BCUT2D eigenvalue weighted by molar-refractivity contribution is 7.80. The van der Waals surface area contributed by atoms with Crippen molar-refractivity contribution < 1.29 is 10.2 Å². The molecule has 0 amide bonds. The van der Waals surface area contributed by atoms with Crippen LogP contribution in [0.2, 0.25) is 0 Å². The lowest BCUT2D eigenvalue weighted by Crippen LogP contribution is -2.28. The van der Waals surface area contributed by atoms with Crippen LogP contribution in [0.15, 0.2) is 23.1 Å². The van der Waals surface area contributed by atoms with Crippen molar-refractivity contribution in [1.29, 1.82) is 0 Å². The molecule has 3 nitrogen and oxygen atoms in total. The Hall–Kier alpha value is -0.710. The Kier molecular flexibility index (Phi) is 2.43. The number of phenols is 1. The molecule has 0 spiro atoms. The van der Waals surface area contributed by atoms with Crippen molar-refractivity contribution in [3.8, 4) is 5.75 Å². The molecule has 3 N–H and O–H groups in total. The molecule has 0 radical (unpaired) electrons. The Balaban J connectivity index is 2.44. The van der Waals surface area contributed by atoms with E-state index in [4.69, 9.17) is 0 Å². The van der Waals surface area contributed by atoms with Gasteiger partial charge in [-0.2, -0.15) is 0 Å². The molecule has 1 aliphatic heterocycles. The summed E-state index contributed by atoms with van der Waals surface area (Å²) in [4.78, 5) is 0.748. The predicted octanol–water partition coefficient (Wildman–Crippen LogP) is 0.862. The number of hydrogen-bond acceptors (Lipinski definition) is 4. The second-order valence-corrected chi connectivity index (χ2v) is 4.18. The number of aliphatic hydroxyl groups is 1. The van der Waals surface area contributed by atoms with Gasteiger partial charge >= 0.3 is 0 Å². The highest BCUT2D eigenvalue weighted by atomic mass is 32.1. The Bertz CT molecular complexity index is 348. The summed E-state index contributed by atoms with van der Waals surface area (Å²) in [5, 5.41) is 22.9. The predicted molar refractivity (Wildman–Crippen MR) is 56.7 cm³/mol. The van der Waals surface area contributed by atoms with Gasteiger partial charge in [0, 0.05) is 17.0 Å². The normalized spacial score (nSPS) is 26.7. The molecule has 0 aliphatic carbocycles. The van der Waals surface area contributed by atoms with Crippen molar-refractivity contribution in [3.63, 3.8) is 0 Å². The van der Waals surface area contributed by atoms with Crippen LogP contribution in [0.4, 0.5) is 0 Å². The number of nitrogens with one attached hydrogen (secondary N) is 1. The molecule has 0 bridgehead atoms. The second kappa shape index (κ2) is 3.46. The van der Waals surface area contributed by atoms with E-state index in [0.717, 1.165) is 11.4 Å². The van der Waals surface area contributed by atoms with Crippen LogP contribution in [-0.2, 0) is 5.60 Å². The average Bonchev–Trinajstić information content (AvgIpc) is 2.58. The molecule has 4 heteroatoms. The minimum Gasteiger partial charge on any atom is -0.508 e. The monoisotopic (exact) mass is 211 g/mol. The lowest BCUT2D eigenvalue weighted by atomic mass is 9.92. The zero-order valence-corrected chi connectivity index (χ0v) is 8.59. The van der Waals surface area contributed by atoms with Crippen molar-refractivity contribution in [2.75, 3.05) is 13.1 Å². The van der Waals surface area contributed by atoms with E-state index in [1.807, 2.05) is 0 Å². The first-order chi connectivity index (χ1) is 6.62. The van der Waals surface area contributed by atoms with Crippen molar-refractivity contribution in [2.45, 2.75) is 16.9 Å². The summed E-state index contributed by atoms with van der Waals surface area (Å²) >= 11 is 4.19. The van der Waals surface area contributed by atoms with Gasteiger partial charge in [0.2, 0.25) is 0 Å². The van der Waals surface area contributed by atoms with E-state index in [1.165, 1.54) is 0 Å². The Labute approximate surface area is 88.2 Å². The number of phenolic OH excluding ortho intramolecular Hbond substituents is 1. The Morgan fingerprint density at radius 2 is 2.21 bits per heavy atom. The van der Waals surface area contributed by atoms with E-state index < -0.39 is 5.60 Å². The van der Waals surface area contributed by atoms with E-state index in [9.17, 15) is 10.2 Å². The average molecular weight is 211 g/mol. The fraction of sp³-hybridized carbons (Fsp3) is 0.400. The van der Waals surface area contributed by atoms with Gasteiger partial charge in [-0.05, 0) is 31.2 Å². The summed E-state index contributed by atoms with van der Waals surface area (Å²) in [5.74, 6) is 0.133. The van der Waals surface area contributed by atoms with Crippen molar-refractivity contribution in [3.05, 3.63) is 23.8 Å². The van der Waals surface area contributed by atoms with Crippen LogP contribution in [-0.4, -0.2) is 23.3 Å². The zero-order valence-electron chi connectivity index (χ0n) is 7.70. The molecule has 1 aromatic rings. The van der Waals surface area contributed by atoms with Gasteiger partial charge in [0.05, 0.1) is 0 Å². The SMILES string of the molecule is Oc1ccc(S)cc1C1(O)CCNC1.